The third kappa shape index (κ3) is 6.10. The van der Waals surface area contributed by atoms with Crippen LogP contribution in [0.3, 0.4) is 0 Å². The van der Waals surface area contributed by atoms with E-state index in [1.54, 1.807) is 0 Å². The van der Waals surface area contributed by atoms with Crippen LogP contribution >= 0.6 is 0 Å². The minimum atomic E-state index is -0.519. The summed E-state index contributed by atoms with van der Waals surface area (Å²) < 4.78 is 0. The lowest BCUT2D eigenvalue weighted by Crippen LogP contribution is -2.47. The molecule has 0 aliphatic carbocycles. The molecule has 2 amide bonds. The fourth-order valence-corrected chi connectivity index (χ4v) is 3.92. The second kappa shape index (κ2) is 9.74. The molecular weight excluding hydrogens is 346 g/mol. The van der Waals surface area contributed by atoms with E-state index in [1.807, 2.05) is 12.1 Å². The van der Waals surface area contributed by atoms with Crippen LogP contribution in [0.25, 0.3) is 0 Å². The van der Waals surface area contributed by atoms with E-state index >= 15 is 0 Å². The number of amides is 2. The van der Waals surface area contributed by atoms with Crippen molar-refractivity contribution in [1.29, 1.82) is 0 Å². The number of hydrogen-bond acceptors (Lipinski definition) is 2. The first-order valence-electron chi connectivity index (χ1n) is 10.5. The molecule has 1 aliphatic heterocycles. The van der Waals surface area contributed by atoms with Gasteiger partial charge in [0.15, 0.2) is 0 Å². The first kappa shape index (κ1) is 20.4. The molecule has 4 nitrogen and oxygen atoms in total. The van der Waals surface area contributed by atoms with Crippen LogP contribution in [0.2, 0.25) is 0 Å². The molecule has 0 unspecified atom stereocenters. The fraction of sp³-hybridized carbons (Fsp3) is 0.458. The Kier molecular flexibility index (Phi) is 7.10. The maximum Gasteiger partial charge on any atom is 0.316 e. The van der Waals surface area contributed by atoms with E-state index in [-0.39, 0.29) is 0 Å². The maximum absolute atomic E-state index is 10.9. The zero-order chi connectivity index (χ0) is 19.9. The zero-order valence-corrected chi connectivity index (χ0v) is 17.2. The summed E-state index contributed by atoms with van der Waals surface area (Å²) in [4.78, 5) is 13.4. The lowest BCUT2D eigenvalue weighted by Gasteiger charge is -2.39. The number of likely N-dealkylation sites (tertiary alicyclic amines) is 1. The number of urea groups is 1. The van der Waals surface area contributed by atoms with Gasteiger partial charge in [-0.1, -0.05) is 50.2 Å². The molecule has 1 saturated heterocycles. The van der Waals surface area contributed by atoms with E-state index in [4.69, 9.17) is 5.73 Å². The monoisotopic (exact) mass is 379 g/mol. The summed E-state index contributed by atoms with van der Waals surface area (Å²) in [6.45, 7) is 8.09. The molecule has 28 heavy (non-hydrogen) atoms. The summed E-state index contributed by atoms with van der Waals surface area (Å²) in [6, 6.07) is 16.6. The summed E-state index contributed by atoms with van der Waals surface area (Å²) in [5.74, 6) is 1.36. The summed E-state index contributed by atoms with van der Waals surface area (Å²) >= 11 is 0. The normalized spacial score (nSPS) is 14.8. The largest absolute Gasteiger partial charge is 0.351 e. The second-order valence-corrected chi connectivity index (χ2v) is 8.37. The van der Waals surface area contributed by atoms with Gasteiger partial charge in [0.1, 0.15) is 0 Å². The van der Waals surface area contributed by atoms with Crippen LogP contribution < -0.4 is 11.1 Å². The van der Waals surface area contributed by atoms with Gasteiger partial charge in [0.05, 0.1) is 0 Å². The molecule has 0 bridgehead atoms. The highest BCUT2D eigenvalue weighted by Crippen LogP contribution is 2.22. The van der Waals surface area contributed by atoms with Crippen molar-refractivity contribution in [3.05, 3.63) is 65.2 Å². The lowest BCUT2D eigenvalue weighted by molar-refractivity contribution is 0.0987. The van der Waals surface area contributed by atoms with Gasteiger partial charge in [0, 0.05) is 18.8 Å². The topological polar surface area (TPSA) is 58.4 Å². The quantitative estimate of drug-likeness (QED) is 0.615. The highest BCUT2D eigenvalue weighted by molar-refractivity contribution is 5.87. The zero-order valence-electron chi connectivity index (χ0n) is 17.2. The molecule has 0 aromatic heterocycles. The number of aryl methyl sites for hydroxylation is 1. The summed E-state index contributed by atoms with van der Waals surface area (Å²) in [5.41, 5.74) is 10.1. The molecule has 0 spiro atoms. The number of hydrogen-bond donors (Lipinski definition) is 2. The first-order chi connectivity index (χ1) is 13.5. The smallest absolute Gasteiger partial charge is 0.316 e. The van der Waals surface area contributed by atoms with Gasteiger partial charge in [0.2, 0.25) is 0 Å². The third-order valence-electron chi connectivity index (χ3n) is 5.61. The van der Waals surface area contributed by atoms with Crippen LogP contribution in [0.1, 0.15) is 49.3 Å². The van der Waals surface area contributed by atoms with Gasteiger partial charge in [-0.3, -0.25) is 0 Å². The Labute approximate surface area is 169 Å². The van der Waals surface area contributed by atoms with E-state index in [0.717, 1.165) is 18.0 Å². The first-order valence-corrected chi connectivity index (χ1v) is 10.5. The van der Waals surface area contributed by atoms with E-state index in [1.165, 1.54) is 55.6 Å². The lowest BCUT2D eigenvalue weighted by atomic mass is 9.91. The van der Waals surface area contributed by atoms with Crippen molar-refractivity contribution in [2.45, 2.75) is 45.4 Å². The van der Waals surface area contributed by atoms with Gasteiger partial charge in [-0.2, -0.15) is 0 Å². The Morgan fingerprint density at radius 3 is 2.29 bits per heavy atom. The molecule has 1 fully saturated rings. The Bertz CT molecular complexity index is 746. The van der Waals surface area contributed by atoms with Gasteiger partial charge in [0.25, 0.3) is 0 Å². The number of unbranched alkanes of at least 4 members (excludes halogenated alkanes) is 1. The number of carbonyl (C=O) groups is 1. The highest BCUT2D eigenvalue weighted by atomic mass is 16.2. The summed E-state index contributed by atoms with van der Waals surface area (Å²) in [7, 11) is 0. The van der Waals surface area contributed by atoms with Crippen molar-refractivity contribution in [1.82, 2.24) is 4.90 Å². The van der Waals surface area contributed by atoms with Crippen LogP contribution in [0.5, 0.6) is 0 Å². The summed E-state index contributed by atoms with van der Waals surface area (Å²) in [5, 5.41) is 2.60. The van der Waals surface area contributed by atoms with Gasteiger partial charge < -0.3 is 16.0 Å². The molecule has 1 heterocycles. The SMILES string of the molecule is CC(C)c1ccc(CCCCN2CC(Cc3ccc(NC(N)=O)cc3)C2)cc1. The van der Waals surface area contributed by atoms with Crippen LogP contribution in [0, 0.1) is 5.92 Å². The van der Waals surface area contributed by atoms with Crippen LogP contribution in [-0.2, 0) is 12.8 Å². The number of carbonyl (C=O) groups excluding carboxylic acids is 1. The van der Waals surface area contributed by atoms with E-state index in [9.17, 15) is 4.79 Å². The number of nitrogens with zero attached hydrogens (tertiary/aromatic N) is 1. The standard InChI is InChI=1S/C24H33N3O/c1-18(2)22-10-6-19(7-11-22)5-3-4-14-27-16-21(17-27)15-20-8-12-23(13-9-20)26-24(25)28/h6-13,18,21H,3-5,14-17H2,1-2H3,(H3,25,26,28). The van der Waals surface area contributed by atoms with Gasteiger partial charge in [-0.05, 0) is 72.9 Å². The fourth-order valence-electron chi connectivity index (χ4n) is 3.92. The average Bonchev–Trinajstić information content (AvgIpc) is 2.64. The van der Waals surface area contributed by atoms with Crippen molar-refractivity contribution < 1.29 is 4.79 Å². The van der Waals surface area contributed by atoms with E-state index in [2.05, 4.69) is 60.5 Å². The second-order valence-electron chi connectivity index (χ2n) is 8.37. The molecule has 0 radical (unpaired) electrons. The minimum absolute atomic E-state index is 0.519. The van der Waals surface area contributed by atoms with Gasteiger partial charge in [-0.15, -0.1) is 0 Å². The Hall–Kier alpha value is -2.33. The molecule has 0 atom stereocenters. The molecule has 0 saturated carbocycles. The predicted molar refractivity (Wildman–Crippen MR) is 117 cm³/mol. The predicted octanol–water partition coefficient (Wildman–Crippen LogP) is 4.80. The molecule has 3 N–H and O–H groups in total. The molecule has 1 aliphatic rings. The van der Waals surface area contributed by atoms with E-state index < -0.39 is 6.03 Å². The number of benzene rings is 2. The van der Waals surface area contributed by atoms with Crippen LogP contribution in [0.4, 0.5) is 10.5 Å². The van der Waals surface area contributed by atoms with Crippen molar-refractivity contribution in [3.8, 4) is 0 Å². The Morgan fingerprint density at radius 1 is 1.04 bits per heavy atom. The van der Waals surface area contributed by atoms with Crippen molar-refractivity contribution >= 4 is 11.7 Å². The highest BCUT2D eigenvalue weighted by Gasteiger charge is 2.25. The number of nitrogens with one attached hydrogen (secondary N) is 1. The average molecular weight is 380 g/mol. The Morgan fingerprint density at radius 2 is 1.68 bits per heavy atom. The molecule has 3 rings (SSSR count). The minimum Gasteiger partial charge on any atom is -0.351 e. The number of primary amides is 1. The molecule has 150 valence electrons. The van der Waals surface area contributed by atoms with Crippen LogP contribution in [0.15, 0.2) is 48.5 Å². The third-order valence-corrected chi connectivity index (χ3v) is 5.61. The summed E-state index contributed by atoms with van der Waals surface area (Å²) in [6.07, 6.45) is 4.82. The Balaban J connectivity index is 1.29. The van der Waals surface area contributed by atoms with Crippen LogP contribution in [-0.4, -0.2) is 30.6 Å². The molecule has 2 aromatic carbocycles. The number of anilines is 1. The van der Waals surface area contributed by atoms with Gasteiger partial charge in [-0.25, -0.2) is 4.79 Å². The molecule has 2 aromatic rings. The van der Waals surface area contributed by atoms with E-state index in [0.29, 0.717) is 5.92 Å². The van der Waals surface area contributed by atoms with Gasteiger partial charge >= 0.3 is 6.03 Å². The number of rotatable bonds is 9. The number of nitrogens with two attached hydrogens (primary N) is 1. The van der Waals surface area contributed by atoms with Crippen molar-refractivity contribution in [2.75, 3.05) is 25.0 Å². The molecule has 4 heteroatoms. The molecular formula is C24H33N3O. The van der Waals surface area contributed by atoms with Crippen molar-refractivity contribution in [3.63, 3.8) is 0 Å². The maximum atomic E-state index is 10.9. The van der Waals surface area contributed by atoms with Crippen molar-refractivity contribution in [2.24, 2.45) is 11.7 Å².